The van der Waals surface area contributed by atoms with Crippen molar-refractivity contribution in [1.29, 1.82) is 0 Å². The molecule has 0 bridgehead atoms. The summed E-state index contributed by atoms with van der Waals surface area (Å²) in [5.41, 5.74) is -0.0538. The minimum absolute atomic E-state index is 0.0470. The zero-order valence-corrected chi connectivity index (χ0v) is 12.9. The molecule has 2 aromatic rings. The Morgan fingerprint density at radius 3 is 2.67 bits per heavy atom. The van der Waals surface area contributed by atoms with E-state index in [0.29, 0.717) is 25.5 Å². The zero-order chi connectivity index (χ0) is 17.0. The van der Waals surface area contributed by atoms with Gasteiger partial charge in [-0.25, -0.2) is 0 Å². The largest absolute Gasteiger partial charge is 0.435 e. The average molecular weight is 338 g/mol. The van der Waals surface area contributed by atoms with Gasteiger partial charge in [0, 0.05) is 32.1 Å². The number of hydrogen-bond donors (Lipinski definition) is 0. The van der Waals surface area contributed by atoms with E-state index in [0.717, 1.165) is 24.5 Å². The predicted molar refractivity (Wildman–Crippen MR) is 81.3 cm³/mol. The molecule has 2 aromatic heterocycles. The summed E-state index contributed by atoms with van der Waals surface area (Å²) in [4.78, 5) is 5.94. The molecule has 1 aliphatic heterocycles. The molecule has 0 amide bonds. The summed E-state index contributed by atoms with van der Waals surface area (Å²) in [7, 11) is 0. The standard InChI is InChI=1S/C16H17F3N4O/c17-16(18,19)14-5-6-15(22-21-14)23(11-13-4-2-8-24-13)10-12-3-1-7-20-9-12/h1,3,5-7,9,13H,2,4,8,10-11H2. The number of halogens is 3. The Balaban J connectivity index is 1.80. The molecular formula is C16H17F3N4O. The normalized spacial score (nSPS) is 17.9. The first-order valence-corrected chi connectivity index (χ1v) is 7.69. The molecule has 1 atom stereocenters. The van der Waals surface area contributed by atoms with Gasteiger partial charge in [0.25, 0.3) is 0 Å². The molecule has 0 saturated carbocycles. The van der Waals surface area contributed by atoms with Crippen molar-refractivity contribution in [3.05, 3.63) is 47.9 Å². The van der Waals surface area contributed by atoms with Crippen LogP contribution >= 0.6 is 0 Å². The zero-order valence-electron chi connectivity index (χ0n) is 12.9. The van der Waals surface area contributed by atoms with Crippen LogP contribution in [0.4, 0.5) is 19.0 Å². The van der Waals surface area contributed by atoms with E-state index in [4.69, 9.17) is 4.74 Å². The third-order valence-corrected chi connectivity index (χ3v) is 3.81. The highest BCUT2D eigenvalue weighted by Gasteiger charge is 2.33. The van der Waals surface area contributed by atoms with Crippen molar-refractivity contribution in [3.63, 3.8) is 0 Å². The van der Waals surface area contributed by atoms with Crippen molar-refractivity contribution >= 4 is 5.82 Å². The summed E-state index contributed by atoms with van der Waals surface area (Å²) in [6.07, 6.45) is 0.868. The molecule has 1 unspecified atom stereocenters. The Hall–Kier alpha value is -2.22. The lowest BCUT2D eigenvalue weighted by Crippen LogP contribution is -2.32. The van der Waals surface area contributed by atoms with Crippen molar-refractivity contribution in [2.75, 3.05) is 18.1 Å². The Morgan fingerprint density at radius 1 is 1.21 bits per heavy atom. The molecule has 0 aliphatic carbocycles. The number of pyridine rings is 1. The summed E-state index contributed by atoms with van der Waals surface area (Å²) >= 11 is 0. The van der Waals surface area contributed by atoms with Crippen molar-refractivity contribution in [3.8, 4) is 0 Å². The number of ether oxygens (including phenoxy) is 1. The first-order valence-electron chi connectivity index (χ1n) is 7.69. The fourth-order valence-corrected chi connectivity index (χ4v) is 2.63. The van der Waals surface area contributed by atoms with Gasteiger partial charge in [0.15, 0.2) is 11.5 Å². The van der Waals surface area contributed by atoms with Crippen LogP contribution in [0.25, 0.3) is 0 Å². The van der Waals surface area contributed by atoms with E-state index in [9.17, 15) is 13.2 Å². The maximum absolute atomic E-state index is 12.7. The second kappa shape index (κ2) is 7.12. The van der Waals surface area contributed by atoms with Gasteiger partial charge >= 0.3 is 6.18 Å². The molecule has 1 fully saturated rings. The van der Waals surface area contributed by atoms with Crippen LogP contribution in [-0.2, 0) is 17.5 Å². The third kappa shape index (κ3) is 4.19. The van der Waals surface area contributed by atoms with Crippen LogP contribution in [0.2, 0.25) is 0 Å². The molecule has 3 heterocycles. The van der Waals surface area contributed by atoms with Crippen LogP contribution in [0.1, 0.15) is 24.1 Å². The molecule has 5 nitrogen and oxygen atoms in total. The maximum Gasteiger partial charge on any atom is 0.435 e. The molecule has 1 saturated heterocycles. The van der Waals surface area contributed by atoms with Gasteiger partial charge in [-0.1, -0.05) is 6.07 Å². The lowest BCUT2D eigenvalue weighted by molar-refractivity contribution is -0.141. The van der Waals surface area contributed by atoms with E-state index in [2.05, 4.69) is 15.2 Å². The smallest absolute Gasteiger partial charge is 0.376 e. The Morgan fingerprint density at radius 2 is 2.08 bits per heavy atom. The lowest BCUT2D eigenvalue weighted by atomic mass is 10.2. The topological polar surface area (TPSA) is 51.1 Å². The van der Waals surface area contributed by atoms with Crippen molar-refractivity contribution in [1.82, 2.24) is 15.2 Å². The van der Waals surface area contributed by atoms with E-state index in [1.807, 2.05) is 17.0 Å². The molecule has 24 heavy (non-hydrogen) atoms. The second-order valence-electron chi connectivity index (χ2n) is 5.65. The summed E-state index contributed by atoms with van der Waals surface area (Å²) in [6, 6.07) is 6.03. The summed E-state index contributed by atoms with van der Waals surface area (Å²) < 4.78 is 43.6. The fraction of sp³-hybridized carbons (Fsp3) is 0.438. The predicted octanol–water partition coefficient (Wildman–Crippen LogP) is 3.08. The average Bonchev–Trinajstić information content (AvgIpc) is 3.08. The van der Waals surface area contributed by atoms with E-state index in [1.165, 1.54) is 6.07 Å². The minimum Gasteiger partial charge on any atom is -0.376 e. The highest BCUT2D eigenvalue weighted by atomic mass is 19.4. The van der Waals surface area contributed by atoms with Crippen molar-refractivity contribution < 1.29 is 17.9 Å². The van der Waals surface area contributed by atoms with Crippen molar-refractivity contribution in [2.24, 2.45) is 0 Å². The minimum atomic E-state index is -4.49. The second-order valence-corrected chi connectivity index (χ2v) is 5.65. The SMILES string of the molecule is FC(F)(F)c1ccc(N(Cc2cccnc2)CC2CCCO2)nn1. The number of aromatic nitrogens is 3. The molecule has 0 aromatic carbocycles. The van der Waals surface area contributed by atoms with Gasteiger partial charge in [-0.3, -0.25) is 4.98 Å². The van der Waals surface area contributed by atoms with Gasteiger partial charge in [0.2, 0.25) is 0 Å². The molecule has 128 valence electrons. The number of alkyl halides is 3. The molecular weight excluding hydrogens is 321 g/mol. The van der Waals surface area contributed by atoms with E-state index < -0.39 is 11.9 Å². The maximum atomic E-state index is 12.7. The van der Waals surface area contributed by atoms with Crippen LogP contribution in [-0.4, -0.2) is 34.4 Å². The van der Waals surface area contributed by atoms with Crippen LogP contribution < -0.4 is 4.90 Å². The number of rotatable bonds is 5. The monoisotopic (exact) mass is 338 g/mol. The lowest BCUT2D eigenvalue weighted by Gasteiger charge is -2.26. The van der Waals surface area contributed by atoms with Crippen LogP contribution in [0.15, 0.2) is 36.7 Å². The van der Waals surface area contributed by atoms with Gasteiger partial charge < -0.3 is 9.64 Å². The molecule has 0 N–H and O–H groups in total. The summed E-state index contributed by atoms with van der Waals surface area (Å²) in [5.74, 6) is 0.391. The van der Waals surface area contributed by atoms with Crippen molar-refractivity contribution in [2.45, 2.75) is 31.7 Å². The highest BCUT2D eigenvalue weighted by molar-refractivity contribution is 5.39. The van der Waals surface area contributed by atoms with Crippen LogP contribution in [0.5, 0.6) is 0 Å². The molecule has 0 spiro atoms. The first kappa shape index (κ1) is 16.6. The van der Waals surface area contributed by atoms with Gasteiger partial charge in [0.1, 0.15) is 0 Å². The highest BCUT2D eigenvalue weighted by Crippen LogP contribution is 2.28. The van der Waals surface area contributed by atoms with E-state index in [1.54, 1.807) is 12.4 Å². The quantitative estimate of drug-likeness (QED) is 0.839. The van der Waals surface area contributed by atoms with E-state index >= 15 is 0 Å². The van der Waals surface area contributed by atoms with Crippen LogP contribution in [0.3, 0.4) is 0 Å². The number of nitrogens with zero attached hydrogens (tertiary/aromatic N) is 4. The van der Waals surface area contributed by atoms with Gasteiger partial charge in [0.05, 0.1) is 6.10 Å². The Bertz CT molecular complexity index is 643. The van der Waals surface area contributed by atoms with Gasteiger partial charge in [-0.15, -0.1) is 10.2 Å². The van der Waals surface area contributed by atoms with Gasteiger partial charge in [-0.2, -0.15) is 13.2 Å². The number of anilines is 1. The Kier molecular flexibility index (Phi) is 4.94. The van der Waals surface area contributed by atoms with Gasteiger partial charge in [-0.05, 0) is 36.6 Å². The summed E-state index contributed by atoms with van der Waals surface area (Å²) in [6.45, 7) is 1.74. The molecule has 0 radical (unpaired) electrons. The van der Waals surface area contributed by atoms with E-state index in [-0.39, 0.29) is 6.10 Å². The third-order valence-electron chi connectivity index (χ3n) is 3.81. The first-order chi connectivity index (χ1) is 11.5. The van der Waals surface area contributed by atoms with Crippen LogP contribution in [0, 0.1) is 0 Å². The molecule has 3 rings (SSSR count). The molecule has 1 aliphatic rings. The Labute approximate surface area is 137 Å². The molecule has 8 heteroatoms. The number of hydrogen-bond acceptors (Lipinski definition) is 5. The fourth-order valence-electron chi connectivity index (χ4n) is 2.63. The summed E-state index contributed by atoms with van der Waals surface area (Å²) in [5, 5.41) is 7.08.